The highest BCUT2D eigenvalue weighted by molar-refractivity contribution is 5.59. The number of pyridine rings is 1. The number of aryl methyl sites for hydroxylation is 1. The fourth-order valence-corrected chi connectivity index (χ4v) is 2.36. The summed E-state index contributed by atoms with van der Waals surface area (Å²) in [5.41, 5.74) is 1.12. The summed E-state index contributed by atoms with van der Waals surface area (Å²) < 4.78 is 1.52. The van der Waals surface area contributed by atoms with E-state index in [1.807, 2.05) is 12.1 Å². The third-order valence-electron chi connectivity index (χ3n) is 3.47. The molecule has 1 fully saturated rings. The van der Waals surface area contributed by atoms with Gasteiger partial charge in [0.1, 0.15) is 11.5 Å². The second kappa shape index (κ2) is 4.84. The van der Waals surface area contributed by atoms with Crippen molar-refractivity contribution in [3.05, 3.63) is 41.1 Å². The van der Waals surface area contributed by atoms with E-state index in [2.05, 4.69) is 14.9 Å². The summed E-state index contributed by atoms with van der Waals surface area (Å²) in [5.74, 6) is 0.981. The second-order valence-electron chi connectivity index (χ2n) is 4.79. The molecule has 0 radical (unpaired) electrons. The third-order valence-corrected chi connectivity index (χ3v) is 3.47. The molecule has 1 aliphatic rings. The molecule has 2 aromatic heterocycles. The molecule has 0 saturated carbocycles. The van der Waals surface area contributed by atoms with Crippen molar-refractivity contribution in [1.82, 2.24) is 14.5 Å². The Labute approximate surface area is 111 Å². The van der Waals surface area contributed by atoms with Gasteiger partial charge in [0, 0.05) is 44.3 Å². The lowest BCUT2D eigenvalue weighted by Crippen LogP contribution is -2.20. The quantitative estimate of drug-likeness (QED) is 0.816. The van der Waals surface area contributed by atoms with Crippen molar-refractivity contribution in [1.29, 1.82) is 0 Å². The van der Waals surface area contributed by atoms with Crippen LogP contribution in [0.2, 0.25) is 0 Å². The Hall–Kier alpha value is -2.17. The maximum Gasteiger partial charge on any atom is 0.276 e. The molecule has 3 heterocycles. The minimum atomic E-state index is -0.0989. The van der Waals surface area contributed by atoms with Crippen molar-refractivity contribution >= 4 is 5.82 Å². The molecule has 0 aromatic carbocycles. The molecule has 98 valence electrons. The lowest BCUT2D eigenvalue weighted by Gasteiger charge is -2.16. The summed E-state index contributed by atoms with van der Waals surface area (Å²) >= 11 is 0. The maximum atomic E-state index is 12.0. The van der Waals surface area contributed by atoms with Crippen LogP contribution < -0.4 is 10.5 Å². The minimum Gasteiger partial charge on any atom is -0.357 e. The second-order valence-corrected chi connectivity index (χ2v) is 4.79. The SMILES string of the molecule is Cn1ccnc(-c2ccc(N3CCCC3)nc2)c1=O. The van der Waals surface area contributed by atoms with E-state index in [4.69, 9.17) is 0 Å². The van der Waals surface area contributed by atoms with E-state index in [9.17, 15) is 4.79 Å². The molecule has 0 N–H and O–H groups in total. The van der Waals surface area contributed by atoms with Crippen molar-refractivity contribution in [2.24, 2.45) is 7.05 Å². The smallest absolute Gasteiger partial charge is 0.276 e. The first kappa shape index (κ1) is 11.9. The van der Waals surface area contributed by atoms with Gasteiger partial charge in [0.2, 0.25) is 0 Å². The summed E-state index contributed by atoms with van der Waals surface area (Å²) in [4.78, 5) is 22.8. The highest BCUT2D eigenvalue weighted by Crippen LogP contribution is 2.20. The molecule has 3 rings (SSSR count). The van der Waals surface area contributed by atoms with E-state index < -0.39 is 0 Å². The molecule has 5 nitrogen and oxygen atoms in total. The van der Waals surface area contributed by atoms with Crippen molar-refractivity contribution in [2.45, 2.75) is 12.8 Å². The standard InChI is InChI=1S/C14H16N4O/c1-17-9-6-15-13(14(17)19)11-4-5-12(16-10-11)18-7-2-3-8-18/h4-6,9-10H,2-3,7-8H2,1H3. The summed E-state index contributed by atoms with van der Waals surface area (Å²) in [6.07, 6.45) is 7.47. The molecule has 0 atom stereocenters. The van der Waals surface area contributed by atoms with Crippen LogP contribution in [-0.2, 0) is 7.05 Å². The van der Waals surface area contributed by atoms with Gasteiger partial charge in [-0.2, -0.15) is 0 Å². The van der Waals surface area contributed by atoms with E-state index in [0.29, 0.717) is 5.69 Å². The third kappa shape index (κ3) is 2.23. The lowest BCUT2D eigenvalue weighted by atomic mass is 10.2. The Kier molecular flexibility index (Phi) is 3.03. The Morgan fingerprint density at radius 1 is 1.16 bits per heavy atom. The zero-order valence-corrected chi connectivity index (χ0v) is 10.9. The van der Waals surface area contributed by atoms with Gasteiger partial charge in [0.25, 0.3) is 5.56 Å². The number of anilines is 1. The number of nitrogens with zero attached hydrogens (tertiary/aromatic N) is 4. The van der Waals surface area contributed by atoms with Gasteiger partial charge in [-0.3, -0.25) is 4.79 Å². The topological polar surface area (TPSA) is 51.0 Å². The van der Waals surface area contributed by atoms with Crippen molar-refractivity contribution in [3.63, 3.8) is 0 Å². The molecule has 2 aromatic rings. The van der Waals surface area contributed by atoms with Crippen LogP contribution in [0.5, 0.6) is 0 Å². The largest absolute Gasteiger partial charge is 0.357 e. The van der Waals surface area contributed by atoms with Crippen molar-refractivity contribution < 1.29 is 0 Å². The van der Waals surface area contributed by atoms with Gasteiger partial charge in [-0.1, -0.05) is 0 Å². The van der Waals surface area contributed by atoms with E-state index in [0.717, 1.165) is 24.5 Å². The molecule has 0 bridgehead atoms. The Bertz CT molecular complexity index is 627. The number of rotatable bonds is 2. The molecule has 1 aliphatic heterocycles. The van der Waals surface area contributed by atoms with E-state index in [1.165, 1.54) is 17.4 Å². The lowest BCUT2D eigenvalue weighted by molar-refractivity contribution is 0.844. The number of hydrogen-bond donors (Lipinski definition) is 0. The molecular weight excluding hydrogens is 240 g/mol. The molecule has 1 saturated heterocycles. The van der Waals surface area contributed by atoms with Crippen LogP contribution >= 0.6 is 0 Å². The van der Waals surface area contributed by atoms with Gasteiger partial charge >= 0.3 is 0 Å². The monoisotopic (exact) mass is 256 g/mol. The molecule has 0 spiro atoms. The summed E-state index contributed by atoms with van der Waals surface area (Å²) in [6.45, 7) is 2.13. The number of hydrogen-bond acceptors (Lipinski definition) is 4. The molecule has 0 aliphatic carbocycles. The van der Waals surface area contributed by atoms with Crippen LogP contribution in [0.3, 0.4) is 0 Å². The van der Waals surface area contributed by atoms with Crippen molar-refractivity contribution in [2.75, 3.05) is 18.0 Å². The Morgan fingerprint density at radius 3 is 2.63 bits per heavy atom. The van der Waals surface area contributed by atoms with Gasteiger partial charge < -0.3 is 9.47 Å². The Morgan fingerprint density at radius 2 is 1.95 bits per heavy atom. The highest BCUT2D eigenvalue weighted by atomic mass is 16.1. The first-order chi connectivity index (χ1) is 9.25. The van der Waals surface area contributed by atoms with Crippen LogP contribution in [0.1, 0.15) is 12.8 Å². The fraction of sp³-hybridized carbons (Fsp3) is 0.357. The first-order valence-electron chi connectivity index (χ1n) is 6.49. The average molecular weight is 256 g/mol. The van der Waals surface area contributed by atoms with Crippen LogP contribution in [0, 0.1) is 0 Å². The summed E-state index contributed by atoms with van der Waals surface area (Å²) in [7, 11) is 1.72. The first-order valence-corrected chi connectivity index (χ1v) is 6.49. The van der Waals surface area contributed by atoms with E-state index in [1.54, 1.807) is 25.6 Å². The summed E-state index contributed by atoms with van der Waals surface area (Å²) in [6, 6.07) is 3.89. The maximum absolute atomic E-state index is 12.0. The van der Waals surface area contributed by atoms with E-state index in [-0.39, 0.29) is 5.56 Å². The van der Waals surface area contributed by atoms with E-state index >= 15 is 0 Å². The number of aromatic nitrogens is 3. The molecule has 19 heavy (non-hydrogen) atoms. The summed E-state index contributed by atoms with van der Waals surface area (Å²) in [5, 5.41) is 0. The van der Waals surface area contributed by atoms with Crippen LogP contribution in [0.15, 0.2) is 35.5 Å². The van der Waals surface area contributed by atoms with Gasteiger partial charge in [0.05, 0.1) is 0 Å². The van der Waals surface area contributed by atoms with Crippen LogP contribution in [-0.4, -0.2) is 27.6 Å². The Balaban J connectivity index is 1.94. The average Bonchev–Trinajstić information content (AvgIpc) is 2.96. The fourth-order valence-electron chi connectivity index (χ4n) is 2.36. The zero-order chi connectivity index (χ0) is 13.2. The molecule has 0 amide bonds. The van der Waals surface area contributed by atoms with Crippen LogP contribution in [0.25, 0.3) is 11.3 Å². The molecule has 0 unspecified atom stereocenters. The molecule has 5 heteroatoms. The van der Waals surface area contributed by atoms with Gasteiger partial charge in [-0.15, -0.1) is 0 Å². The minimum absolute atomic E-state index is 0.0989. The van der Waals surface area contributed by atoms with Gasteiger partial charge in [-0.05, 0) is 25.0 Å². The van der Waals surface area contributed by atoms with Gasteiger partial charge in [0.15, 0.2) is 0 Å². The van der Waals surface area contributed by atoms with Crippen LogP contribution in [0.4, 0.5) is 5.82 Å². The van der Waals surface area contributed by atoms with Gasteiger partial charge in [-0.25, -0.2) is 9.97 Å². The van der Waals surface area contributed by atoms with Crippen molar-refractivity contribution in [3.8, 4) is 11.3 Å². The highest BCUT2D eigenvalue weighted by Gasteiger charge is 2.14. The predicted molar refractivity (Wildman–Crippen MR) is 74.2 cm³/mol. The normalized spacial score (nSPS) is 14.9. The zero-order valence-electron chi connectivity index (χ0n) is 10.9. The molecular formula is C14H16N4O. The predicted octanol–water partition coefficient (Wildman–Crippen LogP) is 1.44.